The molecule has 3 N–H and O–H groups in total. The van der Waals surface area contributed by atoms with E-state index in [1.54, 1.807) is 0 Å². The van der Waals surface area contributed by atoms with Crippen LogP contribution in [0.3, 0.4) is 0 Å². The molecule has 7 nitrogen and oxygen atoms in total. The maximum Gasteiger partial charge on any atom is 0.315 e. The minimum atomic E-state index is -0.464. The summed E-state index contributed by atoms with van der Waals surface area (Å²) in [6.45, 7) is 8.36. The lowest BCUT2D eigenvalue weighted by atomic mass is 9.89. The molecule has 2 heterocycles. The monoisotopic (exact) mass is 481 g/mol. The molecule has 2 aromatic rings. The molecule has 0 spiro atoms. The summed E-state index contributed by atoms with van der Waals surface area (Å²) >= 11 is 0. The van der Waals surface area contributed by atoms with Crippen molar-refractivity contribution in [3.63, 3.8) is 0 Å². The van der Waals surface area contributed by atoms with Gasteiger partial charge >= 0.3 is 6.03 Å². The highest BCUT2D eigenvalue weighted by Gasteiger charge is 2.39. The molecule has 2 aliphatic rings. The number of ether oxygens (including phenoxy) is 2. The number of nitrogens with zero attached hydrogens (tertiary/aromatic N) is 1. The van der Waals surface area contributed by atoms with Crippen molar-refractivity contribution in [1.82, 2.24) is 15.5 Å². The molecule has 0 aliphatic carbocycles. The average molecular weight is 482 g/mol. The molecule has 7 heteroatoms. The minimum absolute atomic E-state index is 0.0337. The number of carbonyl (C=O) groups excluding carboxylic acids is 1. The van der Waals surface area contributed by atoms with Gasteiger partial charge in [0.25, 0.3) is 0 Å². The first kappa shape index (κ1) is 25.6. The first-order chi connectivity index (χ1) is 17.1. The third-order valence-corrected chi connectivity index (χ3v) is 7.05. The Bertz CT molecular complexity index is 928. The summed E-state index contributed by atoms with van der Waals surface area (Å²) in [6.07, 6.45) is 3.29. The van der Waals surface area contributed by atoms with Crippen LogP contribution in [0.1, 0.15) is 67.8 Å². The summed E-state index contributed by atoms with van der Waals surface area (Å²) < 4.78 is 13.1. The summed E-state index contributed by atoms with van der Waals surface area (Å²) in [5.41, 5.74) is 3.99. The van der Waals surface area contributed by atoms with Crippen molar-refractivity contribution < 1.29 is 19.4 Å². The van der Waals surface area contributed by atoms with Gasteiger partial charge in [-0.1, -0.05) is 61.9 Å². The second-order valence-corrected chi connectivity index (χ2v) is 9.64. The van der Waals surface area contributed by atoms with Gasteiger partial charge in [0.05, 0.1) is 18.8 Å². The first-order valence-corrected chi connectivity index (χ1v) is 12.9. The Hall–Kier alpha value is -2.45. The number of likely N-dealkylation sites (tertiary alicyclic amines) is 1. The smallest absolute Gasteiger partial charge is 0.315 e. The number of benzene rings is 2. The number of hydrogen-bond acceptors (Lipinski definition) is 5. The standard InChI is InChI=1S/C28H39N3O4/c1-3-29-28(33)30-17-21-7-13-24(14-8-21)27-34-25(18-31-15-5-4-6-16-31)20(2)26(35-27)23-11-9-22(19-32)10-12-23/h7-14,20,25-27,32H,3-6,15-19H2,1-2H3,(H2,29,30,33)/t20-,25+,26+,27+/m1/s1. The van der Waals surface area contributed by atoms with Gasteiger partial charge in [-0.25, -0.2) is 4.79 Å². The van der Waals surface area contributed by atoms with E-state index in [1.165, 1.54) is 19.3 Å². The van der Waals surface area contributed by atoms with Crippen LogP contribution in [0.2, 0.25) is 0 Å². The molecular formula is C28H39N3O4. The number of urea groups is 1. The van der Waals surface area contributed by atoms with Gasteiger partial charge in [-0.2, -0.15) is 0 Å². The van der Waals surface area contributed by atoms with Crippen molar-refractivity contribution in [1.29, 1.82) is 0 Å². The van der Waals surface area contributed by atoms with Gasteiger partial charge in [-0.05, 0) is 49.5 Å². The van der Waals surface area contributed by atoms with Crippen molar-refractivity contribution in [3.8, 4) is 0 Å². The third kappa shape index (κ3) is 6.82. The van der Waals surface area contributed by atoms with Crippen LogP contribution in [0.15, 0.2) is 48.5 Å². The van der Waals surface area contributed by atoms with E-state index in [4.69, 9.17) is 9.47 Å². The van der Waals surface area contributed by atoms with E-state index in [1.807, 2.05) is 43.3 Å². The Morgan fingerprint density at radius 1 is 0.943 bits per heavy atom. The Labute approximate surface area is 208 Å². The fraction of sp³-hybridized carbons (Fsp3) is 0.536. The fourth-order valence-electron chi connectivity index (χ4n) is 4.92. The topological polar surface area (TPSA) is 83.1 Å². The molecule has 2 aliphatic heterocycles. The number of amides is 2. The SMILES string of the molecule is CCNC(=O)NCc1ccc([C@H]2O[C@@H](CN3CCCCC3)[C@@H](C)[C@@H](c3ccc(CO)cc3)O2)cc1. The highest BCUT2D eigenvalue weighted by atomic mass is 16.7. The second-order valence-electron chi connectivity index (χ2n) is 9.64. The average Bonchev–Trinajstić information content (AvgIpc) is 2.90. The van der Waals surface area contributed by atoms with Crippen LogP contribution < -0.4 is 10.6 Å². The number of nitrogens with one attached hydrogen (secondary N) is 2. The van der Waals surface area contributed by atoms with Gasteiger partial charge in [0.2, 0.25) is 0 Å². The zero-order chi connectivity index (χ0) is 24.6. The Morgan fingerprint density at radius 3 is 2.26 bits per heavy atom. The zero-order valence-corrected chi connectivity index (χ0v) is 20.9. The summed E-state index contributed by atoms with van der Waals surface area (Å²) in [5, 5.41) is 15.0. The number of hydrogen-bond donors (Lipinski definition) is 3. The number of rotatable bonds is 8. The molecule has 0 bridgehead atoms. The van der Waals surface area contributed by atoms with Gasteiger partial charge in [0.15, 0.2) is 6.29 Å². The molecule has 4 atom stereocenters. The summed E-state index contributed by atoms with van der Waals surface area (Å²) in [7, 11) is 0. The van der Waals surface area contributed by atoms with Crippen molar-refractivity contribution in [3.05, 3.63) is 70.8 Å². The normalized spacial score (nSPS) is 25.2. The highest BCUT2D eigenvalue weighted by Crippen LogP contribution is 2.42. The van der Waals surface area contributed by atoms with Gasteiger partial charge in [-0.15, -0.1) is 0 Å². The molecule has 0 aromatic heterocycles. The van der Waals surface area contributed by atoms with Crippen LogP contribution in [0.25, 0.3) is 0 Å². The van der Waals surface area contributed by atoms with Gasteiger partial charge in [0, 0.05) is 31.1 Å². The Kier molecular flexibility index (Phi) is 9.15. The molecule has 2 fully saturated rings. The summed E-state index contributed by atoms with van der Waals surface area (Å²) in [4.78, 5) is 14.2. The van der Waals surface area contributed by atoms with Crippen molar-refractivity contribution in [2.45, 2.75) is 64.8 Å². The van der Waals surface area contributed by atoms with E-state index >= 15 is 0 Å². The van der Waals surface area contributed by atoms with Crippen LogP contribution in [0.4, 0.5) is 4.79 Å². The van der Waals surface area contributed by atoms with Gasteiger partial charge < -0.3 is 30.1 Å². The van der Waals surface area contributed by atoms with E-state index in [2.05, 4.69) is 34.6 Å². The quantitative estimate of drug-likeness (QED) is 0.524. The van der Waals surface area contributed by atoms with E-state index < -0.39 is 6.29 Å². The Morgan fingerprint density at radius 2 is 1.60 bits per heavy atom. The fourth-order valence-corrected chi connectivity index (χ4v) is 4.92. The number of piperidine rings is 1. The molecule has 2 aromatic carbocycles. The lowest BCUT2D eigenvalue weighted by molar-refractivity contribution is -0.276. The third-order valence-electron chi connectivity index (χ3n) is 7.05. The molecule has 2 saturated heterocycles. The van der Waals surface area contributed by atoms with Gasteiger partial charge in [-0.3, -0.25) is 0 Å². The van der Waals surface area contributed by atoms with Crippen LogP contribution >= 0.6 is 0 Å². The first-order valence-electron chi connectivity index (χ1n) is 12.9. The van der Waals surface area contributed by atoms with Crippen LogP contribution in [-0.4, -0.2) is 48.3 Å². The molecule has 35 heavy (non-hydrogen) atoms. The van der Waals surface area contributed by atoms with Crippen LogP contribution in [0, 0.1) is 5.92 Å². The van der Waals surface area contributed by atoms with Gasteiger partial charge in [0.1, 0.15) is 0 Å². The highest BCUT2D eigenvalue weighted by molar-refractivity contribution is 5.73. The molecule has 0 saturated carbocycles. The predicted molar refractivity (Wildman–Crippen MR) is 136 cm³/mol. The lowest BCUT2D eigenvalue weighted by Gasteiger charge is -2.43. The predicted octanol–water partition coefficient (Wildman–Crippen LogP) is 4.28. The minimum Gasteiger partial charge on any atom is -0.392 e. The molecule has 190 valence electrons. The van der Waals surface area contributed by atoms with Crippen molar-refractivity contribution in [2.24, 2.45) is 5.92 Å². The van der Waals surface area contributed by atoms with Crippen molar-refractivity contribution in [2.75, 3.05) is 26.2 Å². The molecule has 0 radical (unpaired) electrons. The molecule has 4 rings (SSSR count). The van der Waals surface area contributed by atoms with Crippen LogP contribution in [0.5, 0.6) is 0 Å². The second kappa shape index (κ2) is 12.5. The number of carbonyl (C=O) groups is 1. The van der Waals surface area contributed by atoms with Crippen molar-refractivity contribution >= 4 is 6.03 Å². The maximum atomic E-state index is 11.7. The summed E-state index contributed by atoms with van der Waals surface area (Å²) in [5.74, 6) is 0.189. The molecule has 0 unspecified atom stereocenters. The van der Waals surface area contributed by atoms with Crippen LogP contribution in [-0.2, 0) is 22.6 Å². The lowest BCUT2D eigenvalue weighted by Crippen LogP contribution is -2.45. The molecule has 2 amide bonds. The largest absolute Gasteiger partial charge is 0.392 e. The van der Waals surface area contributed by atoms with E-state index in [-0.39, 0.29) is 30.8 Å². The Balaban J connectivity index is 1.50. The van der Waals surface area contributed by atoms with E-state index in [0.717, 1.165) is 41.9 Å². The summed E-state index contributed by atoms with van der Waals surface area (Å²) in [6, 6.07) is 16.0. The number of aliphatic hydroxyl groups excluding tert-OH is 1. The number of aliphatic hydroxyl groups is 1. The van der Waals surface area contributed by atoms with E-state index in [0.29, 0.717) is 13.1 Å². The molecular weight excluding hydrogens is 442 g/mol. The maximum absolute atomic E-state index is 11.7. The zero-order valence-electron chi connectivity index (χ0n) is 20.9. The van der Waals surface area contributed by atoms with E-state index in [9.17, 15) is 9.90 Å².